The number of anilines is 3. The third-order valence-electron chi connectivity index (χ3n) is 5.63. The van der Waals surface area contributed by atoms with E-state index >= 15 is 4.39 Å². The first-order valence-corrected chi connectivity index (χ1v) is 10.8. The molecule has 0 aliphatic heterocycles. The average molecular weight is 466 g/mol. The van der Waals surface area contributed by atoms with Crippen LogP contribution in [-0.4, -0.2) is 23.2 Å². The van der Waals surface area contributed by atoms with Gasteiger partial charge in [0.05, 0.1) is 28.7 Å². The zero-order valence-electron chi connectivity index (χ0n) is 19.1. The molecule has 7 nitrogen and oxygen atoms in total. The highest BCUT2D eigenvalue weighted by Gasteiger charge is 2.32. The van der Waals surface area contributed by atoms with Gasteiger partial charge in [-0.15, -0.1) is 0 Å². The summed E-state index contributed by atoms with van der Waals surface area (Å²) in [7, 11) is 1.45. The van der Waals surface area contributed by atoms with Crippen molar-refractivity contribution in [2.24, 2.45) is 0 Å². The van der Waals surface area contributed by atoms with Crippen LogP contribution in [-0.2, 0) is 4.79 Å². The number of aryl methyl sites for hydroxylation is 1. The molecular formula is C25H25F2N5O2. The minimum atomic E-state index is -0.746. The highest BCUT2D eigenvalue weighted by Crippen LogP contribution is 2.39. The van der Waals surface area contributed by atoms with Gasteiger partial charge in [0.1, 0.15) is 17.3 Å². The van der Waals surface area contributed by atoms with Gasteiger partial charge in [0.25, 0.3) is 5.56 Å². The van der Waals surface area contributed by atoms with Gasteiger partial charge in [-0.3, -0.25) is 9.59 Å². The first-order valence-electron chi connectivity index (χ1n) is 10.8. The quantitative estimate of drug-likeness (QED) is 0.392. The van der Waals surface area contributed by atoms with Crippen LogP contribution >= 0.6 is 0 Å². The number of nitrogens with one attached hydrogen (secondary N) is 1. The van der Waals surface area contributed by atoms with Crippen LogP contribution in [0.4, 0.5) is 25.8 Å². The van der Waals surface area contributed by atoms with E-state index in [2.05, 4.69) is 10.4 Å². The maximum absolute atomic E-state index is 15.0. The number of nitrogens with zero attached hydrogens (tertiary/aromatic N) is 3. The summed E-state index contributed by atoms with van der Waals surface area (Å²) < 4.78 is 31.0. The number of hydrogen-bond acceptors (Lipinski definition) is 5. The highest BCUT2D eigenvalue weighted by molar-refractivity contribution is 5.95. The number of carbonyl (C=O) groups excluding carboxylic acids is 1. The second-order valence-electron chi connectivity index (χ2n) is 8.41. The molecule has 3 aromatic rings. The average Bonchev–Trinajstić information content (AvgIpc) is 3.63. The summed E-state index contributed by atoms with van der Waals surface area (Å²) in [6.45, 7) is 2.90. The minimum absolute atomic E-state index is 0.00278. The number of hydrogen-bond donors (Lipinski definition) is 2. The van der Waals surface area contributed by atoms with E-state index in [0.717, 1.165) is 17.7 Å². The lowest BCUT2D eigenvalue weighted by atomic mass is 10.0. The molecule has 2 aromatic carbocycles. The van der Waals surface area contributed by atoms with Gasteiger partial charge in [0, 0.05) is 18.3 Å². The van der Waals surface area contributed by atoms with E-state index in [0.29, 0.717) is 23.2 Å². The maximum atomic E-state index is 15.0. The third kappa shape index (κ3) is 4.41. The zero-order chi connectivity index (χ0) is 24.6. The molecule has 0 bridgehead atoms. The van der Waals surface area contributed by atoms with Crippen molar-refractivity contribution in [3.8, 4) is 11.3 Å². The van der Waals surface area contributed by atoms with Crippen LogP contribution in [0.1, 0.15) is 36.9 Å². The number of carbonyl (C=O) groups is 1. The summed E-state index contributed by atoms with van der Waals surface area (Å²) in [6, 6.07) is 11.1. The zero-order valence-corrected chi connectivity index (χ0v) is 19.1. The molecule has 3 N–H and O–H groups in total. The summed E-state index contributed by atoms with van der Waals surface area (Å²) in [5.74, 6) is -1.35. The number of rotatable bonds is 7. The Kier molecular flexibility index (Phi) is 6.19. The lowest BCUT2D eigenvalue weighted by molar-refractivity contribution is -0.107. The Morgan fingerprint density at radius 3 is 2.59 bits per heavy atom. The van der Waals surface area contributed by atoms with Gasteiger partial charge < -0.3 is 16.0 Å². The van der Waals surface area contributed by atoms with E-state index in [-0.39, 0.29) is 34.4 Å². The Bertz CT molecular complexity index is 1360. The lowest BCUT2D eigenvalue weighted by Gasteiger charge is -2.23. The molecule has 1 amide bonds. The van der Waals surface area contributed by atoms with E-state index in [4.69, 9.17) is 5.73 Å². The molecule has 1 heterocycles. The van der Waals surface area contributed by atoms with Gasteiger partial charge in [-0.1, -0.05) is 18.2 Å². The molecule has 0 unspecified atom stereocenters. The number of halogens is 2. The molecule has 1 saturated carbocycles. The largest absolute Gasteiger partial charge is 0.399 e. The first-order chi connectivity index (χ1) is 16.2. The Morgan fingerprint density at radius 2 is 2.00 bits per heavy atom. The Hall–Kier alpha value is -4.01. The fraction of sp³-hybridized carbons (Fsp3) is 0.240. The second-order valence-corrected chi connectivity index (χ2v) is 8.41. The molecule has 1 aromatic heterocycles. The van der Waals surface area contributed by atoms with Gasteiger partial charge in [-0.2, -0.15) is 5.10 Å². The summed E-state index contributed by atoms with van der Waals surface area (Å²) in [5.41, 5.74) is 7.11. The molecule has 0 radical (unpaired) electrons. The minimum Gasteiger partial charge on any atom is -0.399 e. The normalized spacial score (nSPS) is 13.9. The van der Waals surface area contributed by atoms with Gasteiger partial charge in [0.15, 0.2) is 0 Å². The van der Waals surface area contributed by atoms with Crippen molar-refractivity contribution in [1.82, 2.24) is 9.78 Å². The van der Waals surface area contributed by atoms with Crippen molar-refractivity contribution < 1.29 is 13.6 Å². The van der Waals surface area contributed by atoms with Crippen molar-refractivity contribution >= 4 is 29.2 Å². The van der Waals surface area contributed by atoms with Crippen LogP contribution in [0.15, 0.2) is 53.1 Å². The molecule has 1 aliphatic carbocycles. The van der Waals surface area contributed by atoms with Crippen molar-refractivity contribution in [2.45, 2.75) is 32.7 Å². The Labute approximate surface area is 195 Å². The van der Waals surface area contributed by atoms with Gasteiger partial charge >= 0.3 is 0 Å². The summed E-state index contributed by atoms with van der Waals surface area (Å²) in [4.78, 5) is 26.6. The predicted molar refractivity (Wildman–Crippen MR) is 130 cm³/mol. The van der Waals surface area contributed by atoms with E-state index in [1.54, 1.807) is 37.3 Å². The molecular weight excluding hydrogens is 440 g/mol. The molecule has 4 rings (SSSR count). The lowest BCUT2D eigenvalue weighted by Crippen LogP contribution is -2.32. The number of amides is 1. The van der Waals surface area contributed by atoms with Gasteiger partial charge in [-0.05, 0) is 56.5 Å². The summed E-state index contributed by atoms with van der Waals surface area (Å²) in [5, 5.41) is 7.30. The molecule has 176 valence electrons. The number of benzene rings is 2. The number of nitrogen functional groups attached to an aromatic ring is 1. The molecule has 0 spiro atoms. The predicted octanol–water partition coefficient (Wildman–Crippen LogP) is 4.64. The van der Waals surface area contributed by atoms with Gasteiger partial charge in [-0.25, -0.2) is 13.5 Å². The van der Waals surface area contributed by atoms with Crippen LogP contribution in [0, 0.1) is 12.7 Å². The number of aromatic nitrogens is 2. The van der Waals surface area contributed by atoms with E-state index < -0.39 is 17.2 Å². The monoisotopic (exact) mass is 465 g/mol. The van der Waals surface area contributed by atoms with E-state index in [1.807, 2.05) is 0 Å². The third-order valence-corrected chi connectivity index (χ3v) is 5.63. The summed E-state index contributed by atoms with van der Waals surface area (Å²) in [6.07, 6.45) is 2.01. The standard InChI is InChI=1S/C25H25F2N5O2/c1-14-7-10-20(19(27)11-14)29-22(15(2)26)21-24(31(3)13-33)23(16-5-4-6-17(28)12-16)30-32(25(21)34)18-8-9-18/h4-7,10-13,18,29H,8-9,28H2,1-3H3/b22-15-. The topological polar surface area (TPSA) is 93.2 Å². The molecule has 0 saturated heterocycles. The highest BCUT2D eigenvalue weighted by atomic mass is 19.1. The van der Waals surface area contributed by atoms with Crippen LogP contribution in [0.3, 0.4) is 0 Å². The van der Waals surface area contributed by atoms with Crippen LogP contribution in [0.25, 0.3) is 17.0 Å². The second kappa shape index (κ2) is 9.09. The van der Waals surface area contributed by atoms with E-state index in [9.17, 15) is 14.0 Å². The van der Waals surface area contributed by atoms with Crippen molar-refractivity contribution in [1.29, 1.82) is 0 Å². The smallest absolute Gasteiger partial charge is 0.278 e. The molecule has 34 heavy (non-hydrogen) atoms. The van der Waals surface area contributed by atoms with Crippen molar-refractivity contribution in [3.05, 3.63) is 75.6 Å². The molecule has 1 fully saturated rings. The van der Waals surface area contributed by atoms with Crippen LogP contribution < -0.4 is 21.5 Å². The number of allylic oxidation sites excluding steroid dienone is 1. The Morgan fingerprint density at radius 1 is 1.26 bits per heavy atom. The molecule has 0 atom stereocenters. The van der Waals surface area contributed by atoms with E-state index in [1.165, 1.54) is 30.8 Å². The Balaban J connectivity index is 2.03. The molecule has 1 aliphatic rings. The number of nitrogens with two attached hydrogens (primary N) is 1. The fourth-order valence-electron chi connectivity index (χ4n) is 3.78. The van der Waals surface area contributed by atoms with Crippen LogP contribution in [0.2, 0.25) is 0 Å². The SMILES string of the molecule is C/C(F)=C(/Nc1ccc(C)cc1F)c1c(N(C)C=O)c(-c2cccc(N)c2)nn(C2CC2)c1=O. The first kappa shape index (κ1) is 23.2. The van der Waals surface area contributed by atoms with Crippen molar-refractivity contribution in [2.75, 3.05) is 23.0 Å². The maximum Gasteiger partial charge on any atom is 0.278 e. The summed E-state index contributed by atoms with van der Waals surface area (Å²) >= 11 is 0. The van der Waals surface area contributed by atoms with Crippen molar-refractivity contribution in [3.63, 3.8) is 0 Å². The molecule has 9 heteroatoms. The fourth-order valence-corrected chi connectivity index (χ4v) is 3.78. The van der Waals surface area contributed by atoms with Gasteiger partial charge in [0.2, 0.25) is 6.41 Å². The van der Waals surface area contributed by atoms with Crippen LogP contribution in [0.5, 0.6) is 0 Å².